The molecule has 0 aliphatic heterocycles. The highest BCUT2D eigenvalue weighted by Crippen LogP contribution is 2.50. The quantitative estimate of drug-likeness (QED) is 0.0533. The number of nitrogens with zero attached hydrogens (tertiary/aromatic N) is 4. The number of carbonyl (C=O) groups excluding carboxylic acids is 4. The second-order valence-corrected chi connectivity index (χ2v) is 19.2. The Balaban J connectivity index is 1.06. The molecule has 2 heterocycles. The molecule has 0 radical (unpaired) electrons. The zero-order valence-electron chi connectivity index (χ0n) is 40.8. The molecule has 2 aromatic carbocycles. The molecule has 0 saturated heterocycles. The summed E-state index contributed by atoms with van der Waals surface area (Å²) < 4.78 is 16.1. The molecule has 1 fully saturated rings. The molecule has 378 valence electrons. The van der Waals surface area contributed by atoms with E-state index in [1.165, 1.54) is 36.9 Å². The van der Waals surface area contributed by atoms with E-state index < -0.39 is 60.1 Å². The number of carbonyl (C=O) groups is 6. The topological polar surface area (TPSA) is 245 Å². The molecular weight excluding hydrogens is 932 g/mol. The van der Waals surface area contributed by atoms with Crippen LogP contribution in [0.3, 0.4) is 0 Å². The number of nitrogens with one attached hydrogen (secondary N) is 4. The standard InChI is InChI=1S/C52H63ClN8O10/c1-7-38(8-2)70-45-23-33(52(68)69)22-43(48(45)56-30(6)63)58-50(65)44-25-41(59-61(44)37-12-10-11-28(4)19-37)40-20-31(40)13-18-39(9-3)71-46-24-32(51(66)67)21-42(47(46)55-29(5)62)57-49(64)34-26-54-60(27-34)36-16-14-35(53)15-17-36/h10-12,14-17,19,23-27,31,38-40,42-43,45-48H,7-9,13,18,20-22H2,1-6H3,(H,55,62)(H,56,63)(H,57,64)(H,58,65)(H,66,67)(H,68,69)/t31?,39?,40?,42-,43-,45+,46+,47+,48+/m0/s1. The number of aryl methyl sites for hydroxylation is 1. The van der Waals surface area contributed by atoms with Crippen molar-refractivity contribution < 1.29 is 48.5 Å². The van der Waals surface area contributed by atoms with Gasteiger partial charge in [0.25, 0.3) is 11.8 Å². The van der Waals surface area contributed by atoms with Crippen LogP contribution in [0.4, 0.5) is 0 Å². The summed E-state index contributed by atoms with van der Waals surface area (Å²) in [6.45, 7) is 10.6. The van der Waals surface area contributed by atoms with Crippen molar-refractivity contribution in [3.8, 4) is 11.4 Å². The third-order valence-corrected chi connectivity index (χ3v) is 13.7. The van der Waals surface area contributed by atoms with E-state index >= 15 is 0 Å². The summed E-state index contributed by atoms with van der Waals surface area (Å²) in [6.07, 6.45) is 7.70. The summed E-state index contributed by atoms with van der Waals surface area (Å²) >= 11 is 6.04. The number of amides is 4. The van der Waals surface area contributed by atoms with Gasteiger partial charge in [-0.15, -0.1) is 0 Å². The first-order valence-electron chi connectivity index (χ1n) is 24.3. The fraction of sp³-hybridized carbons (Fsp3) is 0.462. The lowest BCUT2D eigenvalue weighted by Gasteiger charge is -2.38. The van der Waals surface area contributed by atoms with Crippen molar-refractivity contribution in [3.63, 3.8) is 0 Å². The molecular formula is C52H63ClN8O10. The van der Waals surface area contributed by atoms with E-state index in [1.54, 1.807) is 41.2 Å². The number of carboxylic acid groups (broad SMARTS) is 2. The Hall–Kier alpha value is -6.63. The van der Waals surface area contributed by atoms with Crippen LogP contribution >= 0.6 is 11.6 Å². The maximum absolute atomic E-state index is 14.5. The molecule has 4 amide bonds. The van der Waals surface area contributed by atoms with Crippen LogP contribution in [0.1, 0.15) is 124 Å². The van der Waals surface area contributed by atoms with Crippen LogP contribution in [0.25, 0.3) is 11.4 Å². The first-order valence-corrected chi connectivity index (χ1v) is 24.6. The van der Waals surface area contributed by atoms with E-state index in [2.05, 4.69) is 26.4 Å². The average Bonchev–Trinajstić information content (AvgIpc) is 3.68. The number of halogens is 1. The van der Waals surface area contributed by atoms with Crippen LogP contribution in [0.5, 0.6) is 0 Å². The molecule has 0 bridgehead atoms. The van der Waals surface area contributed by atoms with Crippen LogP contribution in [-0.2, 0) is 28.7 Å². The number of carboxylic acids is 2. The Morgan fingerprint density at radius 3 is 1.89 bits per heavy atom. The Bertz CT molecular complexity index is 2670. The number of benzene rings is 2. The Morgan fingerprint density at radius 1 is 0.761 bits per heavy atom. The minimum absolute atomic E-state index is 0.00947. The molecule has 9 atom stereocenters. The molecule has 19 heteroatoms. The van der Waals surface area contributed by atoms with E-state index in [0.717, 1.165) is 18.4 Å². The van der Waals surface area contributed by atoms with Gasteiger partial charge in [0.1, 0.15) is 5.69 Å². The lowest BCUT2D eigenvalue weighted by atomic mass is 9.87. The Morgan fingerprint density at radius 2 is 1.34 bits per heavy atom. The third-order valence-electron chi connectivity index (χ3n) is 13.5. The predicted molar refractivity (Wildman–Crippen MR) is 264 cm³/mol. The zero-order chi connectivity index (χ0) is 51.1. The summed E-state index contributed by atoms with van der Waals surface area (Å²) in [5.41, 5.74) is 3.61. The highest BCUT2D eigenvalue weighted by atomic mass is 35.5. The minimum atomic E-state index is -1.16. The van der Waals surface area contributed by atoms with Crippen molar-refractivity contribution >= 4 is 47.2 Å². The van der Waals surface area contributed by atoms with E-state index in [4.69, 9.17) is 26.2 Å². The number of aliphatic carboxylic acids is 2. The molecule has 4 aromatic rings. The lowest BCUT2D eigenvalue weighted by Crippen LogP contribution is -2.59. The van der Waals surface area contributed by atoms with Gasteiger partial charge in [-0.2, -0.15) is 10.2 Å². The molecule has 18 nitrogen and oxygen atoms in total. The Labute approximate surface area is 417 Å². The van der Waals surface area contributed by atoms with Crippen molar-refractivity contribution in [3.05, 3.63) is 118 Å². The maximum atomic E-state index is 14.5. The molecule has 71 heavy (non-hydrogen) atoms. The summed E-state index contributed by atoms with van der Waals surface area (Å²) in [5, 5.41) is 42.0. The fourth-order valence-corrected chi connectivity index (χ4v) is 9.72. The minimum Gasteiger partial charge on any atom is -0.478 e. The second kappa shape index (κ2) is 23.1. The molecule has 3 aliphatic carbocycles. The van der Waals surface area contributed by atoms with E-state index in [1.807, 2.05) is 52.0 Å². The summed E-state index contributed by atoms with van der Waals surface area (Å²) in [7, 11) is 0. The molecule has 7 rings (SSSR count). The molecule has 3 aliphatic rings. The third kappa shape index (κ3) is 13.0. The average molecular weight is 996 g/mol. The summed E-state index contributed by atoms with van der Waals surface area (Å²) in [5.74, 6) is -3.82. The number of rotatable bonds is 21. The van der Waals surface area contributed by atoms with Gasteiger partial charge >= 0.3 is 11.9 Å². The van der Waals surface area contributed by atoms with Gasteiger partial charge < -0.3 is 41.0 Å². The highest BCUT2D eigenvalue weighted by Gasteiger charge is 2.44. The normalized spacial score (nSPS) is 23.2. The van der Waals surface area contributed by atoms with E-state index in [9.17, 15) is 39.0 Å². The number of aromatic nitrogens is 4. The maximum Gasteiger partial charge on any atom is 0.331 e. The van der Waals surface area contributed by atoms with Gasteiger partial charge in [-0.1, -0.05) is 44.5 Å². The van der Waals surface area contributed by atoms with Gasteiger partial charge in [0.05, 0.1) is 77.4 Å². The van der Waals surface area contributed by atoms with Gasteiger partial charge in [0.15, 0.2) is 0 Å². The van der Waals surface area contributed by atoms with E-state index in [0.29, 0.717) is 47.8 Å². The molecule has 1 saturated carbocycles. The summed E-state index contributed by atoms with van der Waals surface area (Å²) in [6, 6.07) is 13.1. The molecule has 3 unspecified atom stereocenters. The SMILES string of the molecule is CCC(CCC1CC1c1cc(C(=O)N[C@H]2CC(C(=O)O)=C[C@@H](OC(CC)CC)[C@@H]2NC(C)=O)n(-c2cccc(C)c2)n1)O[C@@H]1C=C(C(=O)O)C[C@H](NC(=O)c2cnn(-c3ccc(Cl)cc3)c2)[C@H]1NC(C)=O. The van der Waals surface area contributed by atoms with Gasteiger partial charge in [-0.05, 0) is 112 Å². The smallest absolute Gasteiger partial charge is 0.331 e. The highest BCUT2D eigenvalue weighted by molar-refractivity contribution is 6.30. The van der Waals surface area contributed by atoms with Crippen molar-refractivity contribution in [1.82, 2.24) is 40.8 Å². The second-order valence-electron chi connectivity index (χ2n) is 18.7. The van der Waals surface area contributed by atoms with Crippen molar-refractivity contribution in [1.29, 1.82) is 0 Å². The molecule has 2 aromatic heterocycles. The number of hydrogen-bond donors (Lipinski definition) is 6. The largest absolute Gasteiger partial charge is 0.478 e. The van der Waals surface area contributed by atoms with Gasteiger partial charge in [0.2, 0.25) is 11.8 Å². The van der Waals surface area contributed by atoms with Crippen LogP contribution in [0.2, 0.25) is 5.02 Å². The molecule has 6 N–H and O–H groups in total. The van der Waals surface area contributed by atoms with Crippen molar-refractivity contribution in [2.45, 2.75) is 147 Å². The first kappa shape index (κ1) is 52.2. The van der Waals surface area contributed by atoms with Crippen molar-refractivity contribution in [2.24, 2.45) is 5.92 Å². The monoisotopic (exact) mass is 994 g/mol. The molecule has 0 spiro atoms. The van der Waals surface area contributed by atoms with Crippen molar-refractivity contribution in [2.75, 3.05) is 0 Å². The summed E-state index contributed by atoms with van der Waals surface area (Å²) in [4.78, 5) is 78.2. The van der Waals surface area contributed by atoms with Gasteiger partial charge in [-0.25, -0.2) is 19.0 Å². The van der Waals surface area contributed by atoms with Crippen LogP contribution in [0.15, 0.2) is 90.3 Å². The van der Waals surface area contributed by atoms with Crippen LogP contribution in [-0.4, -0.2) is 114 Å². The zero-order valence-corrected chi connectivity index (χ0v) is 41.5. The predicted octanol–water partition coefficient (Wildman–Crippen LogP) is 6.38. The Kier molecular flexibility index (Phi) is 17.0. The van der Waals surface area contributed by atoms with Crippen LogP contribution < -0.4 is 21.3 Å². The van der Waals surface area contributed by atoms with Gasteiger partial charge in [-0.3, -0.25) is 19.2 Å². The van der Waals surface area contributed by atoms with Gasteiger partial charge in [0, 0.05) is 55.0 Å². The van der Waals surface area contributed by atoms with Crippen LogP contribution in [0, 0.1) is 12.8 Å². The lowest BCUT2D eigenvalue weighted by molar-refractivity contribution is -0.134. The number of ether oxygens (including phenoxy) is 2. The first-order chi connectivity index (χ1) is 33.9. The fourth-order valence-electron chi connectivity index (χ4n) is 9.60. The van der Waals surface area contributed by atoms with E-state index in [-0.39, 0.29) is 71.1 Å². The number of hydrogen-bond acceptors (Lipinski definition) is 10.